The van der Waals surface area contributed by atoms with Crippen LogP contribution in [-0.2, 0) is 14.3 Å². The number of methoxy groups -OCH3 is 1. The van der Waals surface area contributed by atoms with Crippen molar-refractivity contribution >= 4 is 11.6 Å². The molecule has 0 saturated carbocycles. The van der Waals surface area contributed by atoms with Crippen LogP contribution in [0.15, 0.2) is 18.2 Å². The topological polar surface area (TPSA) is 48.0 Å². The summed E-state index contributed by atoms with van der Waals surface area (Å²) in [4.78, 5) is 12.9. The van der Waals surface area contributed by atoms with Gasteiger partial charge >= 0.3 is 0 Å². The van der Waals surface area contributed by atoms with Crippen LogP contribution in [0.3, 0.4) is 0 Å². The smallest absolute Gasteiger partial charge is 0.223 e. The molecular formula is C13H17NO4. The van der Waals surface area contributed by atoms with Crippen molar-refractivity contribution in [3.63, 3.8) is 0 Å². The Morgan fingerprint density at radius 3 is 2.61 bits per heavy atom. The molecule has 0 radical (unpaired) electrons. The van der Waals surface area contributed by atoms with E-state index in [0.29, 0.717) is 19.0 Å². The van der Waals surface area contributed by atoms with Gasteiger partial charge in [0, 0.05) is 19.7 Å². The number of anilines is 1. The van der Waals surface area contributed by atoms with Crippen LogP contribution in [-0.4, -0.2) is 33.3 Å². The lowest BCUT2D eigenvalue weighted by atomic mass is 10.1. The Balaban J connectivity index is 2.35. The van der Waals surface area contributed by atoms with Gasteiger partial charge in [-0.3, -0.25) is 4.79 Å². The molecule has 1 saturated heterocycles. The van der Waals surface area contributed by atoms with Gasteiger partial charge in [-0.1, -0.05) is 0 Å². The first kappa shape index (κ1) is 12.9. The largest absolute Gasteiger partial charge is 0.496 e. The van der Waals surface area contributed by atoms with Gasteiger partial charge < -0.3 is 19.1 Å². The third-order valence-electron chi connectivity index (χ3n) is 2.95. The van der Waals surface area contributed by atoms with Gasteiger partial charge in [0.05, 0.1) is 25.9 Å². The maximum Gasteiger partial charge on any atom is 0.223 e. The van der Waals surface area contributed by atoms with Crippen LogP contribution in [0, 0.1) is 0 Å². The zero-order valence-electron chi connectivity index (χ0n) is 10.8. The molecule has 1 aromatic rings. The lowest BCUT2D eigenvalue weighted by Gasteiger charge is -2.19. The van der Waals surface area contributed by atoms with Gasteiger partial charge in [-0.2, -0.15) is 0 Å². The highest BCUT2D eigenvalue weighted by Crippen LogP contribution is 2.34. The number of nitrogens with zero attached hydrogens (tertiary/aromatic N) is 1. The summed E-state index contributed by atoms with van der Waals surface area (Å²) in [5.41, 5.74) is 1.60. The van der Waals surface area contributed by atoms with Crippen molar-refractivity contribution in [2.24, 2.45) is 0 Å². The second kappa shape index (κ2) is 5.37. The molecule has 0 spiro atoms. The first-order valence-corrected chi connectivity index (χ1v) is 5.79. The van der Waals surface area contributed by atoms with Crippen LogP contribution < -0.4 is 9.64 Å². The standard InChI is InChI=1S/C13H17NO4/c1-9(15)14(2)10-4-5-12(16-3)11(8-10)13-17-6-7-18-13/h4-5,8,13H,6-7H2,1-3H3. The van der Waals surface area contributed by atoms with Gasteiger partial charge in [0.1, 0.15) is 5.75 Å². The number of rotatable bonds is 3. The van der Waals surface area contributed by atoms with Gasteiger partial charge in [0.25, 0.3) is 0 Å². The molecule has 5 heteroatoms. The highest BCUT2D eigenvalue weighted by Gasteiger charge is 2.23. The quantitative estimate of drug-likeness (QED) is 0.820. The van der Waals surface area contributed by atoms with E-state index in [1.807, 2.05) is 18.2 Å². The molecule has 2 rings (SSSR count). The monoisotopic (exact) mass is 251 g/mol. The molecule has 5 nitrogen and oxygen atoms in total. The fourth-order valence-corrected chi connectivity index (χ4v) is 1.83. The predicted octanol–water partition coefficient (Wildman–Crippen LogP) is 1.72. The molecule has 0 N–H and O–H groups in total. The molecule has 1 amide bonds. The lowest BCUT2D eigenvalue weighted by molar-refractivity contribution is -0.116. The number of carbonyl (C=O) groups is 1. The van der Waals surface area contributed by atoms with Gasteiger partial charge in [0.15, 0.2) is 6.29 Å². The van der Waals surface area contributed by atoms with Gasteiger partial charge in [-0.15, -0.1) is 0 Å². The molecule has 0 atom stereocenters. The molecule has 0 bridgehead atoms. The molecular weight excluding hydrogens is 234 g/mol. The maximum absolute atomic E-state index is 11.4. The average molecular weight is 251 g/mol. The molecule has 18 heavy (non-hydrogen) atoms. The zero-order chi connectivity index (χ0) is 13.1. The predicted molar refractivity (Wildman–Crippen MR) is 66.7 cm³/mol. The normalized spacial score (nSPS) is 15.7. The van der Waals surface area contributed by atoms with Crippen LogP contribution in [0.25, 0.3) is 0 Å². The Morgan fingerprint density at radius 2 is 2.06 bits per heavy atom. The van der Waals surface area contributed by atoms with E-state index in [-0.39, 0.29) is 5.91 Å². The number of amides is 1. The van der Waals surface area contributed by atoms with Crippen molar-refractivity contribution < 1.29 is 19.0 Å². The first-order valence-electron chi connectivity index (χ1n) is 5.79. The van der Waals surface area contributed by atoms with E-state index < -0.39 is 6.29 Å². The van der Waals surface area contributed by atoms with E-state index >= 15 is 0 Å². The van der Waals surface area contributed by atoms with Crippen molar-refractivity contribution in [1.29, 1.82) is 0 Å². The highest BCUT2D eigenvalue weighted by molar-refractivity contribution is 5.91. The van der Waals surface area contributed by atoms with E-state index in [1.165, 1.54) is 6.92 Å². The summed E-state index contributed by atoms with van der Waals surface area (Å²) in [5, 5.41) is 0. The van der Waals surface area contributed by atoms with E-state index in [1.54, 1.807) is 19.1 Å². The van der Waals surface area contributed by atoms with Crippen LogP contribution in [0.5, 0.6) is 5.75 Å². The minimum atomic E-state index is -0.416. The van der Waals surface area contributed by atoms with Crippen molar-refractivity contribution in [3.05, 3.63) is 23.8 Å². The van der Waals surface area contributed by atoms with Gasteiger partial charge in [-0.25, -0.2) is 0 Å². The molecule has 1 aliphatic rings. The molecule has 1 fully saturated rings. The summed E-state index contributed by atoms with van der Waals surface area (Å²) in [6.07, 6.45) is -0.416. The molecule has 98 valence electrons. The average Bonchev–Trinajstić information content (AvgIpc) is 2.90. The molecule has 1 aromatic carbocycles. The van der Waals surface area contributed by atoms with Crippen LogP contribution in [0.4, 0.5) is 5.69 Å². The third kappa shape index (κ3) is 2.47. The molecule has 1 heterocycles. The van der Waals surface area contributed by atoms with Crippen molar-refractivity contribution in [3.8, 4) is 5.75 Å². The van der Waals surface area contributed by atoms with Crippen LogP contribution >= 0.6 is 0 Å². The summed E-state index contributed by atoms with van der Waals surface area (Å²) in [6, 6.07) is 5.50. The maximum atomic E-state index is 11.4. The zero-order valence-corrected chi connectivity index (χ0v) is 10.8. The minimum Gasteiger partial charge on any atom is -0.496 e. The fourth-order valence-electron chi connectivity index (χ4n) is 1.83. The third-order valence-corrected chi connectivity index (χ3v) is 2.95. The number of benzene rings is 1. The lowest BCUT2D eigenvalue weighted by Crippen LogP contribution is -2.23. The summed E-state index contributed by atoms with van der Waals surface area (Å²) < 4.78 is 16.2. The summed E-state index contributed by atoms with van der Waals surface area (Å²) in [5.74, 6) is 0.668. The number of carbonyl (C=O) groups excluding carboxylic acids is 1. The van der Waals surface area contributed by atoms with Gasteiger partial charge in [0.2, 0.25) is 5.91 Å². The molecule has 0 unspecified atom stereocenters. The van der Waals surface area contributed by atoms with Crippen LogP contribution in [0.2, 0.25) is 0 Å². The van der Waals surface area contributed by atoms with E-state index in [4.69, 9.17) is 14.2 Å². The Kier molecular flexibility index (Phi) is 3.84. The first-order chi connectivity index (χ1) is 8.63. The summed E-state index contributed by atoms with van der Waals surface area (Å²) in [7, 11) is 3.33. The SMILES string of the molecule is COc1ccc(N(C)C(C)=O)cc1C1OCCO1. The molecule has 0 aliphatic carbocycles. The van der Waals surface area contributed by atoms with E-state index in [0.717, 1.165) is 11.3 Å². The summed E-state index contributed by atoms with van der Waals surface area (Å²) >= 11 is 0. The highest BCUT2D eigenvalue weighted by atomic mass is 16.7. The Labute approximate surface area is 106 Å². The number of ether oxygens (including phenoxy) is 3. The number of hydrogen-bond donors (Lipinski definition) is 0. The van der Waals surface area contributed by atoms with E-state index in [9.17, 15) is 4.79 Å². The minimum absolute atomic E-state index is 0.0284. The second-order valence-corrected chi connectivity index (χ2v) is 4.08. The van der Waals surface area contributed by atoms with Crippen LogP contribution in [0.1, 0.15) is 18.8 Å². The Hall–Kier alpha value is -1.59. The van der Waals surface area contributed by atoms with Crippen molar-refractivity contribution in [2.45, 2.75) is 13.2 Å². The van der Waals surface area contributed by atoms with E-state index in [2.05, 4.69) is 0 Å². The second-order valence-electron chi connectivity index (χ2n) is 4.08. The van der Waals surface area contributed by atoms with Crippen molar-refractivity contribution in [2.75, 3.05) is 32.3 Å². The number of hydrogen-bond acceptors (Lipinski definition) is 4. The molecule has 1 aliphatic heterocycles. The fraction of sp³-hybridized carbons (Fsp3) is 0.462. The molecule has 0 aromatic heterocycles. The summed E-state index contributed by atoms with van der Waals surface area (Å²) in [6.45, 7) is 2.66. The Bertz CT molecular complexity index is 441. The van der Waals surface area contributed by atoms with Gasteiger partial charge in [-0.05, 0) is 18.2 Å². The Morgan fingerprint density at radius 1 is 1.39 bits per heavy atom. The van der Waals surface area contributed by atoms with Crippen molar-refractivity contribution in [1.82, 2.24) is 0 Å².